The summed E-state index contributed by atoms with van der Waals surface area (Å²) in [5, 5.41) is 3.55. The second kappa shape index (κ2) is 8.61. The fraction of sp³-hybridized carbons (Fsp3) is 0.273. The average molecular weight is 415 g/mol. The molecule has 1 heterocycles. The molecule has 1 atom stereocenters. The Balaban J connectivity index is 2.17. The number of ether oxygens (including phenoxy) is 2. The molecule has 0 saturated heterocycles. The molecule has 152 valence electrons. The largest absolute Gasteiger partial charge is 0.495 e. The van der Waals surface area contributed by atoms with E-state index < -0.39 is 17.8 Å². The van der Waals surface area contributed by atoms with Crippen molar-refractivity contribution in [1.29, 1.82) is 0 Å². The Morgan fingerprint density at radius 1 is 1.21 bits per heavy atom. The highest BCUT2D eigenvalue weighted by molar-refractivity contribution is 7.80. The van der Waals surface area contributed by atoms with Crippen LogP contribution in [0.4, 0.5) is 10.1 Å². The topological polar surface area (TPSA) is 50.8 Å². The monoisotopic (exact) mass is 414 g/mol. The number of rotatable bonds is 5. The SMILES string of the molecule is COc1ccccc1N1C(=S)N[C@H](c2cccc(F)c2)C(C(=O)OC(C)C)=C1C. The number of carbonyl (C=O) groups is 1. The van der Waals surface area contributed by atoms with Crippen LogP contribution in [0.2, 0.25) is 0 Å². The molecule has 0 saturated carbocycles. The Hall–Kier alpha value is -2.93. The van der Waals surface area contributed by atoms with Gasteiger partial charge in [-0.1, -0.05) is 24.3 Å². The van der Waals surface area contributed by atoms with E-state index in [1.54, 1.807) is 44.9 Å². The zero-order valence-corrected chi connectivity index (χ0v) is 17.5. The van der Waals surface area contributed by atoms with Gasteiger partial charge in [0.2, 0.25) is 0 Å². The lowest BCUT2D eigenvalue weighted by molar-refractivity contribution is -0.143. The van der Waals surface area contributed by atoms with Crippen LogP contribution in [-0.2, 0) is 9.53 Å². The number of nitrogens with one attached hydrogen (secondary N) is 1. The quantitative estimate of drug-likeness (QED) is 0.575. The number of halogens is 1. The molecule has 0 aliphatic carbocycles. The van der Waals surface area contributed by atoms with E-state index >= 15 is 0 Å². The molecule has 7 heteroatoms. The van der Waals surface area contributed by atoms with E-state index in [1.807, 2.05) is 24.3 Å². The lowest BCUT2D eigenvalue weighted by Gasteiger charge is -2.38. The molecule has 2 aromatic rings. The molecule has 1 aliphatic heterocycles. The van der Waals surface area contributed by atoms with Crippen LogP contribution in [0.25, 0.3) is 0 Å². The maximum absolute atomic E-state index is 13.9. The highest BCUT2D eigenvalue weighted by Crippen LogP contribution is 2.38. The zero-order chi connectivity index (χ0) is 21.1. The predicted molar refractivity (Wildman–Crippen MR) is 114 cm³/mol. The summed E-state index contributed by atoms with van der Waals surface area (Å²) in [6, 6.07) is 12.8. The van der Waals surface area contributed by atoms with Crippen LogP contribution in [0, 0.1) is 5.82 Å². The van der Waals surface area contributed by atoms with Crippen LogP contribution in [0.1, 0.15) is 32.4 Å². The number of hydrogen-bond acceptors (Lipinski definition) is 4. The van der Waals surface area contributed by atoms with Gasteiger partial charge in [0, 0.05) is 5.70 Å². The van der Waals surface area contributed by atoms with E-state index in [2.05, 4.69) is 5.32 Å². The summed E-state index contributed by atoms with van der Waals surface area (Å²) in [7, 11) is 1.57. The molecule has 0 spiro atoms. The number of hydrogen-bond donors (Lipinski definition) is 1. The van der Waals surface area contributed by atoms with Gasteiger partial charge in [0.15, 0.2) is 5.11 Å². The lowest BCUT2D eigenvalue weighted by Crippen LogP contribution is -2.48. The first-order valence-corrected chi connectivity index (χ1v) is 9.65. The molecule has 1 N–H and O–H groups in total. The molecule has 0 fully saturated rings. The molecule has 0 aromatic heterocycles. The van der Waals surface area contributed by atoms with Gasteiger partial charge < -0.3 is 14.8 Å². The lowest BCUT2D eigenvalue weighted by atomic mass is 9.94. The highest BCUT2D eigenvalue weighted by atomic mass is 32.1. The van der Waals surface area contributed by atoms with Gasteiger partial charge in [-0.05, 0) is 62.8 Å². The minimum atomic E-state index is -0.629. The third kappa shape index (κ3) is 4.24. The van der Waals surface area contributed by atoms with Crippen molar-refractivity contribution in [1.82, 2.24) is 5.32 Å². The molecule has 2 aromatic carbocycles. The number of carbonyl (C=O) groups excluding carboxylic acids is 1. The van der Waals surface area contributed by atoms with Crippen molar-refractivity contribution in [3.63, 3.8) is 0 Å². The number of allylic oxidation sites excluding steroid dienone is 1. The van der Waals surface area contributed by atoms with Crippen molar-refractivity contribution in [3.8, 4) is 5.75 Å². The smallest absolute Gasteiger partial charge is 0.338 e. The Bertz CT molecular complexity index is 974. The maximum atomic E-state index is 13.9. The van der Waals surface area contributed by atoms with Crippen LogP contribution >= 0.6 is 12.2 Å². The second-order valence-electron chi connectivity index (χ2n) is 6.90. The standard InChI is InChI=1S/C22H23FN2O3S/c1-13(2)28-21(26)19-14(3)25(17-10-5-6-11-18(17)27-4)22(29)24-20(19)15-8-7-9-16(23)12-15/h5-13,20H,1-4H3,(H,24,29)/t20-/m1/s1. The van der Waals surface area contributed by atoms with E-state index in [0.29, 0.717) is 33.4 Å². The minimum Gasteiger partial charge on any atom is -0.495 e. The maximum Gasteiger partial charge on any atom is 0.338 e. The second-order valence-corrected chi connectivity index (χ2v) is 7.28. The first-order chi connectivity index (χ1) is 13.8. The number of nitrogens with zero attached hydrogens (tertiary/aromatic N) is 1. The molecule has 0 radical (unpaired) electrons. The molecule has 0 unspecified atom stereocenters. The van der Waals surface area contributed by atoms with Gasteiger partial charge >= 0.3 is 5.97 Å². The van der Waals surface area contributed by atoms with Gasteiger partial charge in [-0.25, -0.2) is 9.18 Å². The van der Waals surface area contributed by atoms with Crippen molar-refractivity contribution < 1.29 is 18.7 Å². The Morgan fingerprint density at radius 2 is 1.93 bits per heavy atom. The van der Waals surface area contributed by atoms with Gasteiger partial charge in [-0.3, -0.25) is 4.90 Å². The molecule has 29 heavy (non-hydrogen) atoms. The number of anilines is 1. The third-order valence-electron chi connectivity index (χ3n) is 4.56. The Labute approximate surface area is 175 Å². The fourth-order valence-corrected chi connectivity index (χ4v) is 3.68. The van der Waals surface area contributed by atoms with Crippen molar-refractivity contribution in [3.05, 3.63) is 71.2 Å². The van der Waals surface area contributed by atoms with Gasteiger partial charge in [-0.2, -0.15) is 0 Å². The van der Waals surface area contributed by atoms with Gasteiger partial charge in [0.1, 0.15) is 11.6 Å². The number of para-hydroxylation sites is 2. The Morgan fingerprint density at radius 3 is 2.59 bits per heavy atom. The van der Waals surface area contributed by atoms with Crippen molar-refractivity contribution in [2.45, 2.75) is 32.9 Å². The summed E-state index contributed by atoms with van der Waals surface area (Å²) in [5.41, 5.74) is 2.24. The fourth-order valence-electron chi connectivity index (χ4n) is 3.33. The minimum absolute atomic E-state index is 0.301. The molecule has 1 aliphatic rings. The summed E-state index contributed by atoms with van der Waals surface area (Å²) in [6.45, 7) is 5.36. The van der Waals surface area contributed by atoms with Crippen molar-refractivity contribution in [2.24, 2.45) is 0 Å². The van der Waals surface area contributed by atoms with Crippen LogP contribution in [0.5, 0.6) is 5.75 Å². The molecule has 0 amide bonds. The van der Waals surface area contributed by atoms with Gasteiger partial charge in [0.05, 0.1) is 30.5 Å². The predicted octanol–water partition coefficient (Wildman–Crippen LogP) is 4.50. The highest BCUT2D eigenvalue weighted by Gasteiger charge is 2.36. The third-order valence-corrected chi connectivity index (χ3v) is 4.86. The zero-order valence-electron chi connectivity index (χ0n) is 16.7. The van der Waals surface area contributed by atoms with E-state index in [1.165, 1.54) is 12.1 Å². The van der Waals surface area contributed by atoms with Crippen LogP contribution in [-0.4, -0.2) is 24.3 Å². The van der Waals surface area contributed by atoms with Gasteiger partial charge in [0.25, 0.3) is 0 Å². The van der Waals surface area contributed by atoms with E-state index in [4.69, 9.17) is 21.7 Å². The summed E-state index contributed by atoms with van der Waals surface area (Å²) in [4.78, 5) is 14.7. The van der Waals surface area contributed by atoms with Crippen molar-refractivity contribution >= 4 is 29.0 Å². The number of benzene rings is 2. The number of esters is 1. The number of methoxy groups -OCH3 is 1. The summed E-state index contributed by atoms with van der Waals surface area (Å²) >= 11 is 5.61. The van der Waals surface area contributed by atoms with E-state index in [-0.39, 0.29) is 6.10 Å². The summed E-state index contributed by atoms with van der Waals surface area (Å²) in [5.74, 6) is -0.268. The van der Waals surface area contributed by atoms with E-state index in [0.717, 1.165) is 0 Å². The van der Waals surface area contributed by atoms with Crippen molar-refractivity contribution in [2.75, 3.05) is 12.0 Å². The normalized spacial score (nSPS) is 16.7. The van der Waals surface area contributed by atoms with E-state index in [9.17, 15) is 9.18 Å². The molecular formula is C22H23FN2O3S. The average Bonchev–Trinajstić information content (AvgIpc) is 2.67. The Kier molecular flexibility index (Phi) is 6.17. The van der Waals surface area contributed by atoms with Crippen LogP contribution in [0.15, 0.2) is 59.8 Å². The van der Waals surface area contributed by atoms with Gasteiger partial charge in [-0.15, -0.1) is 0 Å². The molecule has 0 bridgehead atoms. The number of thiocarbonyl (C=S) groups is 1. The molecule has 3 rings (SSSR count). The van der Waals surface area contributed by atoms with Crippen LogP contribution in [0.3, 0.4) is 0 Å². The first kappa shape index (κ1) is 20.8. The van der Waals surface area contributed by atoms with Crippen LogP contribution < -0.4 is 15.0 Å². The first-order valence-electron chi connectivity index (χ1n) is 9.24. The molecular weight excluding hydrogens is 391 g/mol. The summed E-state index contributed by atoms with van der Waals surface area (Å²) < 4.78 is 24.8. The summed E-state index contributed by atoms with van der Waals surface area (Å²) in [6.07, 6.45) is -0.301. The molecule has 5 nitrogen and oxygen atoms in total.